The lowest BCUT2D eigenvalue weighted by Crippen LogP contribution is -2.64. The van der Waals surface area contributed by atoms with Gasteiger partial charge >= 0.3 is 6.03 Å². The van der Waals surface area contributed by atoms with Crippen molar-refractivity contribution in [3.05, 3.63) is 41.6 Å². The first-order chi connectivity index (χ1) is 14.8. The Morgan fingerprint density at radius 3 is 2.97 bits per heavy atom. The van der Waals surface area contributed by atoms with Gasteiger partial charge in [-0.15, -0.1) is 0 Å². The van der Waals surface area contributed by atoms with Crippen molar-refractivity contribution in [1.29, 1.82) is 0 Å². The Kier molecular flexibility index (Phi) is 4.69. The van der Waals surface area contributed by atoms with Crippen LogP contribution in [0.5, 0.6) is 5.75 Å². The van der Waals surface area contributed by atoms with Crippen molar-refractivity contribution in [2.75, 3.05) is 43.1 Å². The number of hydrogen-bond donors (Lipinski definition) is 0. The smallest absolute Gasteiger partial charge is 0.325 e. The van der Waals surface area contributed by atoms with Gasteiger partial charge in [-0.25, -0.2) is 9.78 Å². The van der Waals surface area contributed by atoms with E-state index in [2.05, 4.69) is 22.0 Å². The van der Waals surface area contributed by atoms with E-state index in [-0.39, 0.29) is 17.5 Å². The van der Waals surface area contributed by atoms with Gasteiger partial charge in [0.15, 0.2) is 16.9 Å². The van der Waals surface area contributed by atoms with E-state index in [1.807, 2.05) is 42.0 Å². The molecular weight excluding hydrogens is 418 g/mol. The normalized spacial score (nSPS) is 19.5. The van der Waals surface area contributed by atoms with E-state index < -0.39 is 0 Å². The SMILES string of the molecule is CC1COc2cc(Cl)ccc2N1C(=O)N1CC(C)(CN(C)c2noc3cccnc23)C1. The first-order valence-electron chi connectivity index (χ1n) is 10.3. The molecule has 2 amide bonds. The minimum absolute atomic E-state index is 0.00643. The molecule has 0 N–H and O–H groups in total. The Morgan fingerprint density at radius 1 is 1.35 bits per heavy atom. The van der Waals surface area contributed by atoms with E-state index in [0.717, 1.165) is 17.7 Å². The van der Waals surface area contributed by atoms with E-state index in [9.17, 15) is 4.79 Å². The lowest BCUT2D eigenvalue weighted by Gasteiger charge is -2.51. The Morgan fingerprint density at radius 2 is 2.16 bits per heavy atom. The third-order valence-electron chi connectivity index (χ3n) is 5.92. The van der Waals surface area contributed by atoms with Crippen LogP contribution in [0.25, 0.3) is 11.1 Å². The average molecular weight is 442 g/mol. The Hall–Kier alpha value is -3.00. The predicted octanol–water partition coefficient (Wildman–Crippen LogP) is 4.04. The van der Waals surface area contributed by atoms with Gasteiger partial charge in [-0.1, -0.05) is 23.7 Å². The summed E-state index contributed by atoms with van der Waals surface area (Å²) < 4.78 is 11.2. The largest absolute Gasteiger partial charge is 0.489 e. The number of anilines is 2. The highest BCUT2D eigenvalue weighted by atomic mass is 35.5. The maximum Gasteiger partial charge on any atom is 0.325 e. The van der Waals surface area contributed by atoms with Crippen LogP contribution >= 0.6 is 11.6 Å². The fraction of sp³-hybridized carbons (Fsp3) is 0.409. The van der Waals surface area contributed by atoms with Crippen molar-refractivity contribution in [2.24, 2.45) is 5.41 Å². The van der Waals surface area contributed by atoms with E-state index in [4.69, 9.17) is 20.9 Å². The van der Waals surface area contributed by atoms with Gasteiger partial charge in [0.05, 0.1) is 11.7 Å². The minimum Gasteiger partial charge on any atom is -0.489 e. The molecule has 0 radical (unpaired) electrons. The number of pyridine rings is 1. The van der Waals surface area contributed by atoms with Crippen LogP contribution in [0.3, 0.4) is 0 Å². The highest BCUT2D eigenvalue weighted by Crippen LogP contribution is 2.39. The summed E-state index contributed by atoms with van der Waals surface area (Å²) in [6.07, 6.45) is 1.73. The molecule has 2 aliphatic heterocycles. The average Bonchev–Trinajstić information content (AvgIpc) is 3.16. The van der Waals surface area contributed by atoms with Crippen LogP contribution < -0.4 is 14.5 Å². The number of nitrogens with zero attached hydrogens (tertiary/aromatic N) is 5. The zero-order valence-electron chi connectivity index (χ0n) is 17.7. The van der Waals surface area contributed by atoms with Gasteiger partial charge in [0, 0.05) is 49.4 Å². The number of ether oxygens (including phenoxy) is 1. The summed E-state index contributed by atoms with van der Waals surface area (Å²) in [5, 5.41) is 4.78. The summed E-state index contributed by atoms with van der Waals surface area (Å²) in [7, 11) is 1.98. The lowest BCUT2D eigenvalue weighted by atomic mass is 9.81. The number of carbonyl (C=O) groups excluding carboxylic acids is 1. The quantitative estimate of drug-likeness (QED) is 0.610. The Labute approximate surface area is 185 Å². The van der Waals surface area contributed by atoms with Crippen LogP contribution in [0, 0.1) is 5.41 Å². The van der Waals surface area contributed by atoms with Gasteiger partial charge in [0.25, 0.3) is 0 Å². The molecule has 1 unspecified atom stereocenters. The van der Waals surface area contributed by atoms with Gasteiger partial charge in [-0.2, -0.15) is 0 Å². The Bertz CT molecular complexity index is 1140. The molecule has 31 heavy (non-hydrogen) atoms. The number of benzene rings is 1. The second-order valence-electron chi connectivity index (χ2n) is 8.80. The Balaban J connectivity index is 1.28. The van der Waals surface area contributed by atoms with Gasteiger partial charge in [-0.3, -0.25) is 4.90 Å². The van der Waals surface area contributed by atoms with Crippen molar-refractivity contribution < 1.29 is 14.1 Å². The van der Waals surface area contributed by atoms with Gasteiger partial charge in [-0.05, 0) is 31.2 Å². The fourth-order valence-electron chi connectivity index (χ4n) is 4.55. The fourth-order valence-corrected chi connectivity index (χ4v) is 4.71. The monoisotopic (exact) mass is 441 g/mol. The van der Waals surface area contributed by atoms with Crippen molar-refractivity contribution in [2.45, 2.75) is 19.9 Å². The molecule has 2 aliphatic rings. The van der Waals surface area contributed by atoms with Crippen LogP contribution in [0.2, 0.25) is 5.02 Å². The van der Waals surface area contributed by atoms with Gasteiger partial charge in [0.2, 0.25) is 0 Å². The molecule has 0 saturated carbocycles. The number of halogens is 1. The molecule has 3 aromatic rings. The third-order valence-corrected chi connectivity index (χ3v) is 6.15. The second-order valence-corrected chi connectivity index (χ2v) is 9.24. The topological polar surface area (TPSA) is 74.9 Å². The lowest BCUT2D eigenvalue weighted by molar-refractivity contribution is 0.0540. The molecule has 8 nitrogen and oxygen atoms in total. The summed E-state index contributed by atoms with van der Waals surface area (Å²) in [5.41, 5.74) is 2.13. The molecule has 5 rings (SSSR count). The first kappa shape index (κ1) is 19.9. The van der Waals surface area contributed by atoms with Crippen molar-refractivity contribution in [1.82, 2.24) is 15.0 Å². The first-order valence-corrected chi connectivity index (χ1v) is 10.6. The number of likely N-dealkylation sites (tertiary alicyclic amines) is 1. The number of aromatic nitrogens is 2. The van der Waals surface area contributed by atoms with Crippen LogP contribution in [0.1, 0.15) is 13.8 Å². The van der Waals surface area contributed by atoms with Crippen molar-refractivity contribution >= 4 is 40.2 Å². The van der Waals surface area contributed by atoms with Gasteiger partial charge < -0.3 is 19.1 Å². The van der Waals surface area contributed by atoms with E-state index in [0.29, 0.717) is 41.9 Å². The number of fused-ring (bicyclic) bond motifs is 2. The molecule has 4 heterocycles. The maximum absolute atomic E-state index is 13.3. The van der Waals surface area contributed by atoms with Crippen LogP contribution in [0.15, 0.2) is 41.1 Å². The highest BCUT2D eigenvalue weighted by molar-refractivity contribution is 6.30. The molecule has 0 aliphatic carbocycles. The van der Waals surface area contributed by atoms with Crippen LogP contribution in [-0.4, -0.2) is 60.4 Å². The molecule has 2 aromatic heterocycles. The predicted molar refractivity (Wildman–Crippen MR) is 119 cm³/mol. The number of hydrogen-bond acceptors (Lipinski definition) is 6. The summed E-state index contributed by atoms with van der Waals surface area (Å²) in [6, 6.07) is 9.01. The van der Waals surface area contributed by atoms with Crippen molar-refractivity contribution in [3.63, 3.8) is 0 Å². The number of urea groups is 1. The van der Waals surface area contributed by atoms with E-state index >= 15 is 0 Å². The third kappa shape index (κ3) is 3.44. The maximum atomic E-state index is 13.3. The van der Waals surface area contributed by atoms with Crippen molar-refractivity contribution in [3.8, 4) is 5.75 Å². The number of rotatable bonds is 3. The van der Waals surface area contributed by atoms with Crippen LogP contribution in [0.4, 0.5) is 16.3 Å². The molecular formula is C22H24ClN5O3. The zero-order valence-corrected chi connectivity index (χ0v) is 18.5. The summed E-state index contributed by atoms with van der Waals surface area (Å²) >= 11 is 6.09. The minimum atomic E-state index is -0.0528. The number of carbonyl (C=O) groups is 1. The van der Waals surface area contributed by atoms with E-state index in [1.54, 1.807) is 18.3 Å². The standard InChI is InChI=1S/C22H24ClN5O3/c1-14-10-30-18-9-15(23)6-7-16(18)28(14)21(29)27-12-22(2,13-27)11-26(3)20-19-17(31-25-20)5-4-8-24-19/h4-9,14H,10-13H2,1-3H3. The molecule has 1 aromatic carbocycles. The highest BCUT2D eigenvalue weighted by Gasteiger charge is 2.45. The molecule has 9 heteroatoms. The molecule has 0 bridgehead atoms. The van der Waals surface area contributed by atoms with Crippen LogP contribution in [-0.2, 0) is 0 Å². The molecule has 1 atom stereocenters. The van der Waals surface area contributed by atoms with E-state index in [1.165, 1.54) is 0 Å². The number of amides is 2. The zero-order chi connectivity index (χ0) is 21.8. The summed E-state index contributed by atoms with van der Waals surface area (Å²) in [5.74, 6) is 1.36. The molecule has 1 fully saturated rings. The second kappa shape index (κ2) is 7.30. The molecule has 0 spiro atoms. The molecule has 162 valence electrons. The summed E-state index contributed by atoms with van der Waals surface area (Å²) in [6.45, 7) is 6.67. The summed E-state index contributed by atoms with van der Waals surface area (Å²) in [4.78, 5) is 23.5. The molecule has 1 saturated heterocycles. The van der Waals surface area contributed by atoms with Gasteiger partial charge in [0.1, 0.15) is 12.4 Å².